The zero-order valence-corrected chi connectivity index (χ0v) is 11.5. The molecule has 0 bridgehead atoms. The number of piperazine rings is 1. The first-order chi connectivity index (χ1) is 8.27. The summed E-state index contributed by atoms with van der Waals surface area (Å²) in [4.78, 5) is 15.7. The summed E-state index contributed by atoms with van der Waals surface area (Å²) in [6, 6.07) is 0.750. The number of nitrogens with zero attached hydrogens (tertiary/aromatic N) is 2. The first kappa shape index (κ1) is 14.5. The van der Waals surface area contributed by atoms with Crippen molar-refractivity contribution in [3.63, 3.8) is 0 Å². The number of amides is 1. The molecule has 2 fully saturated rings. The molecule has 1 N–H and O–H groups in total. The second kappa shape index (κ2) is 7.67. The van der Waals surface area contributed by atoms with Crippen molar-refractivity contribution in [1.29, 1.82) is 0 Å². The Balaban J connectivity index is 0.000000686. The van der Waals surface area contributed by atoms with Gasteiger partial charge in [0.1, 0.15) is 0 Å². The Labute approximate surface area is 105 Å². The standard InChI is InChI=1S/C11H21N3O.C2H6/c1-10(15)13-6-8-14(9-7-13)11-2-4-12-5-3-11;1-2/h11-12H,2-9H2,1H3;1-2H3. The van der Waals surface area contributed by atoms with E-state index in [4.69, 9.17) is 0 Å². The van der Waals surface area contributed by atoms with Gasteiger partial charge in [-0.25, -0.2) is 0 Å². The van der Waals surface area contributed by atoms with E-state index in [1.54, 1.807) is 6.92 Å². The maximum Gasteiger partial charge on any atom is 0.219 e. The highest BCUT2D eigenvalue weighted by Gasteiger charge is 2.25. The van der Waals surface area contributed by atoms with Crippen molar-refractivity contribution in [2.24, 2.45) is 0 Å². The smallest absolute Gasteiger partial charge is 0.219 e. The predicted molar refractivity (Wildman–Crippen MR) is 71.1 cm³/mol. The van der Waals surface area contributed by atoms with Crippen molar-refractivity contribution >= 4 is 5.91 Å². The second-order valence-electron chi connectivity index (χ2n) is 4.52. The molecule has 0 saturated carbocycles. The van der Waals surface area contributed by atoms with E-state index in [-0.39, 0.29) is 5.91 Å². The van der Waals surface area contributed by atoms with Crippen LogP contribution in [0.15, 0.2) is 0 Å². The Kier molecular flexibility index (Phi) is 6.52. The van der Waals surface area contributed by atoms with Crippen LogP contribution < -0.4 is 5.32 Å². The van der Waals surface area contributed by atoms with Gasteiger partial charge >= 0.3 is 0 Å². The van der Waals surface area contributed by atoms with E-state index in [0.717, 1.165) is 45.3 Å². The van der Waals surface area contributed by atoms with Crippen molar-refractivity contribution < 1.29 is 4.79 Å². The van der Waals surface area contributed by atoms with E-state index in [1.807, 2.05) is 18.7 Å². The largest absolute Gasteiger partial charge is 0.340 e. The third-order valence-corrected chi connectivity index (χ3v) is 3.58. The number of carbonyl (C=O) groups excluding carboxylic acids is 1. The quantitative estimate of drug-likeness (QED) is 0.742. The molecule has 0 aromatic heterocycles. The lowest BCUT2D eigenvalue weighted by atomic mass is 10.0. The van der Waals surface area contributed by atoms with Gasteiger partial charge in [-0.15, -0.1) is 0 Å². The van der Waals surface area contributed by atoms with Gasteiger partial charge in [0.2, 0.25) is 5.91 Å². The van der Waals surface area contributed by atoms with Gasteiger partial charge < -0.3 is 10.2 Å². The number of hydrogen-bond donors (Lipinski definition) is 1. The minimum atomic E-state index is 0.222. The summed E-state index contributed by atoms with van der Waals surface area (Å²) >= 11 is 0. The molecule has 4 nitrogen and oxygen atoms in total. The van der Waals surface area contributed by atoms with Crippen LogP contribution in [0.2, 0.25) is 0 Å². The van der Waals surface area contributed by atoms with E-state index in [0.29, 0.717) is 0 Å². The maximum absolute atomic E-state index is 11.2. The van der Waals surface area contributed by atoms with Gasteiger partial charge in [0, 0.05) is 39.1 Å². The zero-order chi connectivity index (χ0) is 12.7. The van der Waals surface area contributed by atoms with Gasteiger partial charge in [-0.1, -0.05) is 13.8 Å². The Morgan fingerprint density at radius 3 is 2.06 bits per heavy atom. The van der Waals surface area contributed by atoms with Gasteiger partial charge in [0.25, 0.3) is 0 Å². The van der Waals surface area contributed by atoms with Crippen molar-refractivity contribution in [1.82, 2.24) is 15.1 Å². The van der Waals surface area contributed by atoms with Gasteiger partial charge in [-0.05, 0) is 25.9 Å². The fourth-order valence-electron chi connectivity index (χ4n) is 2.57. The molecule has 0 aliphatic carbocycles. The number of carbonyl (C=O) groups is 1. The summed E-state index contributed by atoms with van der Waals surface area (Å²) in [5.74, 6) is 0.222. The Morgan fingerprint density at radius 1 is 1.06 bits per heavy atom. The number of nitrogens with one attached hydrogen (secondary N) is 1. The molecule has 100 valence electrons. The van der Waals surface area contributed by atoms with Crippen LogP contribution in [-0.2, 0) is 4.79 Å². The van der Waals surface area contributed by atoms with E-state index in [9.17, 15) is 4.79 Å². The van der Waals surface area contributed by atoms with Crippen LogP contribution in [0.25, 0.3) is 0 Å². The SMILES string of the molecule is CC.CC(=O)N1CCN(C2CCNCC2)CC1. The number of hydrogen-bond acceptors (Lipinski definition) is 3. The summed E-state index contributed by atoms with van der Waals surface area (Å²) in [6.07, 6.45) is 2.53. The van der Waals surface area contributed by atoms with Crippen molar-refractivity contribution in [2.75, 3.05) is 39.3 Å². The summed E-state index contributed by atoms with van der Waals surface area (Å²) < 4.78 is 0. The summed E-state index contributed by atoms with van der Waals surface area (Å²) in [5, 5.41) is 3.39. The van der Waals surface area contributed by atoms with Gasteiger partial charge in [0.15, 0.2) is 0 Å². The van der Waals surface area contributed by atoms with Crippen LogP contribution in [-0.4, -0.2) is 61.0 Å². The summed E-state index contributed by atoms with van der Waals surface area (Å²) in [5.41, 5.74) is 0. The predicted octanol–water partition coefficient (Wildman–Crippen LogP) is 0.929. The van der Waals surface area contributed by atoms with Gasteiger partial charge in [0.05, 0.1) is 0 Å². The lowest BCUT2D eigenvalue weighted by Gasteiger charge is -2.40. The highest BCUT2D eigenvalue weighted by molar-refractivity contribution is 5.73. The van der Waals surface area contributed by atoms with Crippen LogP contribution in [0, 0.1) is 0 Å². The lowest BCUT2D eigenvalue weighted by Crippen LogP contribution is -2.53. The molecule has 0 spiro atoms. The molecule has 17 heavy (non-hydrogen) atoms. The van der Waals surface area contributed by atoms with Gasteiger partial charge in [-0.3, -0.25) is 9.69 Å². The van der Waals surface area contributed by atoms with Crippen LogP contribution in [0.4, 0.5) is 0 Å². The highest BCUT2D eigenvalue weighted by Crippen LogP contribution is 2.14. The van der Waals surface area contributed by atoms with Crippen LogP contribution in [0.1, 0.15) is 33.6 Å². The van der Waals surface area contributed by atoms with Crippen molar-refractivity contribution in [3.8, 4) is 0 Å². The molecule has 0 atom stereocenters. The number of rotatable bonds is 1. The third-order valence-electron chi connectivity index (χ3n) is 3.58. The first-order valence-corrected chi connectivity index (χ1v) is 6.97. The molecule has 2 saturated heterocycles. The zero-order valence-electron chi connectivity index (χ0n) is 11.5. The van der Waals surface area contributed by atoms with E-state index in [2.05, 4.69) is 10.2 Å². The summed E-state index contributed by atoms with van der Waals surface area (Å²) in [6.45, 7) is 11.9. The minimum Gasteiger partial charge on any atom is -0.340 e. The molecular weight excluding hydrogens is 214 g/mol. The molecule has 2 rings (SSSR count). The second-order valence-corrected chi connectivity index (χ2v) is 4.52. The van der Waals surface area contributed by atoms with E-state index in [1.165, 1.54) is 12.8 Å². The summed E-state index contributed by atoms with van der Waals surface area (Å²) in [7, 11) is 0. The fraction of sp³-hybridized carbons (Fsp3) is 0.923. The average Bonchev–Trinajstić information content (AvgIpc) is 2.42. The molecule has 4 heteroatoms. The molecule has 2 aliphatic rings. The monoisotopic (exact) mass is 241 g/mol. The molecule has 1 amide bonds. The molecule has 2 heterocycles. The maximum atomic E-state index is 11.2. The van der Waals surface area contributed by atoms with Crippen molar-refractivity contribution in [2.45, 2.75) is 39.7 Å². The highest BCUT2D eigenvalue weighted by atomic mass is 16.2. The number of piperidine rings is 1. The van der Waals surface area contributed by atoms with Crippen molar-refractivity contribution in [3.05, 3.63) is 0 Å². The Morgan fingerprint density at radius 2 is 1.59 bits per heavy atom. The molecule has 0 radical (unpaired) electrons. The third kappa shape index (κ3) is 4.28. The Hall–Kier alpha value is -0.610. The van der Waals surface area contributed by atoms with E-state index < -0.39 is 0 Å². The average molecular weight is 241 g/mol. The molecule has 0 aromatic carbocycles. The lowest BCUT2D eigenvalue weighted by molar-refractivity contribution is -0.130. The van der Waals surface area contributed by atoms with Crippen LogP contribution >= 0.6 is 0 Å². The Bertz CT molecular complexity index is 219. The molecular formula is C13H27N3O. The topological polar surface area (TPSA) is 35.6 Å². The minimum absolute atomic E-state index is 0.222. The van der Waals surface area contributed by atoms with Gasteiger partial charge in [-0.2, -0.15) is 0 Å². The van der Waals surface area contributed by atoms with Crippen LogP contribution in [0.5, 0.6) is 0 Å². The molecule has 0 unspecified atom stereocenters. The molecule has 2 aliphatic heterocycles. The van der Waals surface area contributed by atoms with E-state index >= 15 is 0 Å². The molecule has 0 aromatic rings. The normalized spacial score (nSPS) is 22.9. The fourth-order valence-corrected chi connectivity index (χ4v) is 2.57. The van der Waals surface area contributed by atoms with Crippen LogP contribution in [0.3, 0.4) is 0 Å². The first-order valence-electron chi connectivity index (χ1n) is 6.97.